The Kier molecular flexibility index (Phi) is 4.26. The summed E-state index contributed by atoms with van der Waals surface area (Å²) in [5.41, 5.74) is 5.64. The van der Waals surface area contributed by atoms with Crippen LogP contribution in [-0.2, 0) is 17.8 Å². The van der Waals surface area contributed by atoms with Crippen molar-refractivity contribution in [3.63, 3.8) is 0 Å². The van der Waals surface area contributed by atoms with Crippen LogP contribution in [0.15, 0.2) is 36.4 Å². The third-order valence-electron chi connectivity index (χ3n) is 4.18. The molecule has 2 aromatic carbocycles. The predicted octanol–water partition coefficient (Wildman–Crippen LogP) is 3.16. The highest BCUT2D eigenvalue weighted by Crippen LogP contribution is 2.38. The van der Waals surface area contributed by atoms with Gasteiger partial charge in [0, 0.05) is 6.54 Å². The number of benzene rings is 2. The molecule has 0 saturated carbocycles. The molecular weight excluding hydrogens is 288 g/mol. The van der Waals surface area contributed by atoms with Gasteiger partial charge in [0.05, 0.1) is 11.3 Å². The molecule has 0 saturated heterocycles. The summed E-state index contributed by atoms with van der Waals surface area (Å²) in [5, 5.41) is 6.04. The van der Waals surface area contributed by atoms with Crippen LogP contribution in [0.4, 0.5) is 5.69 Å². The van der Waals surface area contributed by atoms with Crippen LogP contribution in [0.25, 0.3) is 11.1 Å². The Hall–Kier alpha value is -2.46. The molecule has 118 valence electrons. The van der Waals surface area contributed by atoms with Gasteiger partial charge in [-0.3, -0.25) is 9.59 Å². The van der Waals surface area contributed by atoms with E-state index in [1.54, 1.807) is 0 Å². The first-order valence-electron chi connectivity index (χ1n) is 8.06. The van der Waals surface area contributed by atoms with E-state index in [0.717, 1.165) is 29.7 Å². The first-order valence-corrected chi connectivity index (χ1v) is 8.06. The summed E-state index contributed by atoms with van der Waals surface area (Å²) in [5.74, 6) is -0.960. The van der Waals surface area contributed by atoms with Gasteiger partial charge in [-0.1, -0.05) is 44.2 Å². The van der Waals surface area contributed by atoms with Crippen molar-refractivity contribution in [1.82, 2.24) is 5.32 Å². The first-order chi connectivity index (χ1) is 11.3. The maximum Gasteiger partial charge on any atom is 0.296 e. The minimum atomic E-state index is -0.525. The van der Waals surface area contributed by atoms with Crippen LogP contribution in [-0.4, -0.2) is 18.2 Å². The SMILES string of the molecule is CC.O=C1Nc2c(cc(-c3ccccc3)c3c2CNCC3)C1=O. The molecule has 0 atom stereocenters. The molecule has 4 nitrogen and oxygen atoms in total. The lowest BCUT2D eigenvalue weighted by atomic mass is 9.88. The Bertz CT molecular complexity index is 767. The van der Waals surface area contributed by atoms with Crippen molar-refractivity contribution in [1.29, 1.82) is 0 Å². The molecular formula is C19H20N2O2. The number of ketones is 1. The molecule has 0 fully saturated rings. The van der Waals surface area contributed by atoms with Crippen LogP contribution in [0.3, 0.4) is 0 Å². The van der Waals surface area contributed by atoms with Gasteiger partial charge in [0.25, 0.3) is 11.7 Å². The summed E-state index contributed by atoms with van der Waals surface area (Å²) in [7, 11) is 0. The molecule has 0 aromatic heterocycles. The second kappa shape index (κ2) is 6.34. The summed E-state index contributed by atoms with van der Waals surface area (Å²) in [4.78, 5) is 23.7. The van der Waals surface area contributed by atoms with Crippen molar-refractivity contribution in [3.8, 4) is 11.1 Å². The highest BCUT2D eigenvalue weighted by molar-refractivity contribution is 6.52. The molecule has 0 aliphatic carbocycles. The zero-order valence-corrected chi connectivity index (χ0v) is 13.4. The van der Waals surface area contributed by atoms with Crippen LogP contribution >= 0.6 is 0 Å². The van der Waals surface area contributed by atoms with E-state index in [2.05, 4.69) is 10.6 Å². The third kappa shape index (κ3) is 2.55. The smallest absolute Gasteiger partial charge is 0.296 e. The minimum Gasteiger partial charge on any atom is -0.318 e. The zero-order chi connectivity index (χ0) is 16.4. The molecule has 2 aliphatic rings. The second-order valence-corrected chi connectivity index (χ2v) is 5.38. The van der Waals surface area contributed by atoms with E-state index in [1.165, 1.54) is 5.56 Å². The van der Waals surface area contributed by atoms with Gasteiger partial charge in [0.15, 0.2) is 0 Å². The molecule has 2 N–H and O–H groups in total. The number of amides is 1. The van der Waals surface area contributed by atoms with Gasteiger partial charge < -0.3 is 10.6 Å². The maximum absolute atomic E-state index is 12.0. The van der Waals surface area contributed by atoms with Crippen LogP contribution in [0.1, 0.15) is 35.3 Å². The topological polar surface area (TPSA) is 58.2 Å². The van der Waals surface area contributed by atoms with E-state index in [0.29, 0.717) is 17.8 Å². The van der Waals surface area contributed by atoms with Crippen molar-refractivity contribution in [2.45, 2.75) is 26.8 Å². The molecule has 0 unspecified atom stereocenters. The van der Waals surface area contributed by atoms with Gasteiger partial charge >= 0.3 is 0 Å². The number of hydrogen-bond acceptors (Lipinski definition) is 3. The van der Waals surface area contributed by atoms with E-state index >= 15 is 0 Å². The number of fused-ring (bicyclic) bond motifs is 3. The number of Topliss-reactive ketones (excluding diaryl/α,β-unsaturated/α-hetero) is 1. The van der Waals surface area contributed by atoms with Crippen LogP contribution in [0, 0.1) is 0 Å². The molecule has 0 bridgehead atoms. The van der Waals surface area contributed by atoms with E-state index in [-0.39, 0.29) is 0 Å². The summed E-state index contributed by atoms with van der Waals surface area (Å²) in [6, 6.07) is 11.9. The van der Waals surface area contributed by atoms with Crippen LogP contribution < -0.4 is 10.6 Å². The standard InChI is InChI=1S/C17H14N2O2.C2H6/c20-16-13-8-12(10-4-2-1-3-5-10)11-6-7-18-9-14(11)15(13)19-17(16)21;1-2/h1-5,8,18H,6-7,9H2,(H,19,20,21);1-2H3. The van der Waals surface area contributed by atoms with Gasteiger partial charge in [0.1, 0.15) is 0 Å². The van der Waals surface area contributed by atoms with Gasteiger partial charge in [0.2, 0.25) is 0 Å². The fraction of sp³-hybridized carbons (Fsp3) is 0.263. The Morgan fingerprint density at radius 2 is 1.70 bits per heavy atom. The van der Waals surface area contributed by atoms with E-state index in [4.69, 9.17) is 0 Å². The predicted molar refractivity (Wildman–Crippen MR) is 91.6 cm³/mol. The van der Waals surface area contributed by atoms with E-state index in [9.17, 15) is 9.59 Å². The molecule has 23 heavy (non-hydrogen) atoms. The zero-order valence-electron chi connectivity index (χ0n) is 13.4. The van der Waals surface area contributed by atoms with Crippen molar-refractivity contribution in [2.75, 3.05) is 11.9 Å². The third-order valence-corrected chi connectivity index (χ3v) is 4.18. The quantitative estimate of drug-likeness (QED) is 0.796. The van der Waals surface area contributed by atoms with Crippen LogP contribution in [0.2, 0.25) is 0 Å². The average Bonchev–Trinajstić information content (AvgIpc) is 2.92. The number of carbonyl (C=O) groups is 2. The van der Waals surface area contributed by atoms with Crippen molar-refractivity contribution < 1.29 is 9.59 Å². The molecule has 2 aromatic rings. The Labute approximate surface area is 135 Å². The average molecular weight is 308 g/mol. The van der Waals surface area contributed by atoms with Gasteiger partial charge in [-0.15, -0.1) is 0 Å². The number of anilines is 1. The minimum absolute atomic E-state index is 0.435. The lowest BCUT2D eigenvalue weighted by molar-refractivity contribution is -0.112. The van der Waals surface area contributed by atoms with Crippen molar-refractivity contribution in [2.24, 2.45) is 0 Å². The summed E-state index contributed by atoms with van der Waals surface area (Å²) >= 11 is 0. The first kappa shape index (κ1) is 15.4. The Balaban J connectivity index is 0.000000753. The van der Waals surface area contributed by atoms with Crippen molar-refractivity contribution >= 4 is 17.4 Å². The molecule has 4 heteroatoms. The fourth-order valence-electron chi connectivity index (χ4n) is 3.18. The maximum atomic E-state index is 12.0. The molecule has 2 heterocycles. The molecule has 2 aliphatic heterocycles. The number of rotatable bonds is 1. The lowest BCUT2D eigenvalue weighted by Crippen LogP contribution is -2.25. The highest BCUT2D eigenvalue weighted by Gasteiger charge is 2.33. The van der Waals surface area contributed by atoms with Gasteiger partial charge in [-0.25, -0.2) is 0 Å². The number of nitrogens with one attached hydrogen (secondary N) is 2. The summed E-state index contributed by atoms with van der Waals surface area (Å²) in [6.07, 6.45) is 0.900. The van der Waals surface area contributed by atoms with E-state index in [1.807, 2.05) is 50.2 Å². The second-order valence-electron chi connectivity index (χ2n) is 5.38. The molecule has 4 rings (SSSR count). The fourth-order valence-corrected chi connectivity index (χ4v) is 3.18. The van der Waals surface area contributed by atoms with Gasteiger partial charge in [-0.05, 0) is 41.3 Å². The van der Waals surface area contributed by atoms with Crippen LogP contribution in [0.5, 0.6) is 0 Å². The lowest BCUT2D eigenvalue weighted by Gasteiger charge is -2.23. The van der Waals surface area contributed by atoms with Crippen molar-refractivity contribution in [3.05, 3.63) is 53.1 Å². The Morgan fingerprint density at radius 3 is 2.43 bits per heavy atom. The highest BCUT2D eigenvalue weighted by atomic mass is 16.2. The summed E-state index contributed by atoms with van der Waals surface area (Å²) < 4.78 is 0. The molecule has 0 radical (unpaired) electrons. The molecule has 0 spiro atoms. The van der Waals surface area contributed by atoms with E-state index < -0.39 is 11.7 Å². The number of hydrogen-bond donors (Lipinski definition) is 2. The molecule has 1 amide bonds. The monoisotopic (exact) mass is 308 g/mol. The normalized spacial score (nSPS) is 15.2. The number of carbonyl (C=O) groups excluding carboxylic acids is 2. The summed E-state index contributed by atoms with van der Waals surface area (Å²) in [6.45, 7) is 5.60. The Morgan fingerprint density at radius 1 is 0.957 bits per heavy atom. The van der Waals surface area contributed by atoms with Gasteiger partial charge in [-0.2, -0.15) is 0 Å². The largest absolute Gasteiger partial charge is 0.318 e.